The molecule has 2 atom stereocenters. The van der Waals surface area contributed by atoms with Crippen LogP contribution in [-0.4, -0.2) is 35.9 Å². The van der Waals surface area contributed by atoms with Crippen LogP contribution < -0.4 is 10.5 Å². The summed E-state index contributed by atoms with van der Waals surface area (Å²) in [6, 6.07) is 5.37. The first kappa shape index (κ1) is 18.6. The van der Waals surface area contributed by atoms with Crippen LogP contribution in [-0.2, 0) is 9.59 Å². The normalized spacial score (nSPS) is 19.0. The number of likely N-dealkylation sites (tertiary alicyclic amines) is 1. The smallest absolute Gasteiger partial charge is 0.263 e. The number of carbonyl (C=O) groups is 2. The third-order valence-corrected chi connectivity index (χ3v) is 4.84. The van der Waals surface area contributed by atoms with Gasteiger partial charge in [-0.15, -0.1) is 0 Å². The molecule has 5 nitrogen and oxygen atoms in total. The van der Waals surface area contributed by atoms with E-state index in [1.807, 2.05) is 17.9 Å². The molecule has 1 aliphatic rings. The van der Waals surface area contributed by atoms with Gasteiger partial charge in [0, 0.05) is 24.5 Å². The lowest BCUT2D eigenvalue weighted by molar-refractivity contribution is -0.139. The molecule has 1 aromatic rings. The zero-order valence-electron chi connectivity index (χ0n) is 14.3. The summed E-state index contributed by atoms with van der Waals surface area (Å²) in [4.78, 5) is 25.4. The van der Waals surface area contributed by atoms with E-state index in [-0.39, 0.29) is 11.8 Å². The van der Waals surface area contributed by atoms with Gasteiger partial charge in [-0.2, -0.15) is 0 Å². The Bertz CT molecular complexity index is 606. The molecule has 24 heavy (non-hydrogen) atoms. The van der Waals surface area contributed by atoms with Crippen LogP contribution in [0, 0.1) is 12.8 Å². The number of primary amides is 1. The molecule has 6 heteroatoms. The monoisotopic (exact) mass is 352 g/mol. The first-order valence-electron chi connectivity index (χ1n) is 8.36. The average molecular weight is 353 g/mol. The van der Waals surface area contributed by atoms with Crippen molar-refractivity contribution in [3.63, 3.8) is 0 Å². The molecule has 1 fully saturated rings. The number of hydrogen-bond acceptors (Lipinski definition) is 3. The van der Waals surface area contributed by atoms with Crippen LogP contribution in [0.2, 0.25) is 5.02 Å². The summed E-state index contributed by atoms with van der Waals surface area (Å²) in [7, 11) is 0. The fraction of sp³-hybridized carbons (Fsp3) is 0.556. The van der Waals surface area contributed by atoms with E-state index < -0.39 is 6.10 Å². The molecule has 0 radical (unpaired) electrons. The molecule has 1 saturated heterocycles. The Labute approximate surface area is 148 Å². The number of amides is 2. The van der Waals surface area contributed by atoms with Crippen molar-refractivity contribution in [1.29, 1.82) is 0 Å². The second-order valence-corrected chi connectivity index (χ2v) is 6.88. The van der Waals surface area contributed by atoms with Crippen LogP contribution in [0.1, 0.15) is 38.2 Å². The van der Waals surface area contributed by atoms with E-state index in [0.29, 0.717) is 29.7 Å². The number of aryl methyl sites for hydroxylation is 1. The fourth-order valence-corrected chi connectivity index (χ4v) is 3.17. The highest BCUT2D eigenvalue weighted by Gasteiger charge is 2.27. The van der Waals surface area contributed by atoms with Gasteiger partial charge in [0.15, 0.2) is 6.10 Å². The molecule has 2 N–H and O–H groups in total. The third-order valence-electron chi connectivity index (χ3n) is 4.42. The van der Waals surface area contributed by atoms with Gasteiger partial charge < -0.3 is 15.4 Å². The Morgan fingerprint density at radius 3 is 2.88 bits per heavy atom. The molecule has 0 bridgehead atoms. The Hall–Kier alpha value is -1.75. The number of benzene rings is 1. The van der Waals surface area contributed by atoms with Crippen LogP contribution in [0.25, 0.3) is 0 Å². The topological polar surface area (TPSA) is 72.6 Å². The lowest BCUT2D eigenvalue weighted by Crippen LogP contribution is -2.45. The Morgan fingerprint density at radius 1 is 1.46 bits per heavy atom. The summed E-state index contributed by atoms with van der Waals surface area (Å²) in [5.74, 6) is 0.667. The molecule has 0 saturated carbocycles. The first-order valence-corrected chi connectivity index (χ1v) is 8.74. The number of carbonyl (C=O) groups excluding carboxylic acids is 2. The predicted octanol–water partition coefficient (Wildman–Crippen LogP) is 2.92. The number of rotatable bonds is 6. The second-order valence-electron chi connectivity index (χ2n) is 6.47. The van der Waals surface area contributed by atoms with Crippen molar-refractivity contribution in [2.75, 3.05) is 13.1 Å². The van der Waals surface area contributed by atoms with E-state index in [2.05, 4.69) is 0 Å². The van der Waals surface area contributed by atoms with Gasteiger partial charge in [-0.25, -0.2) is 0 Å². The van der Waals surface area contributed by atoms with Gasteiger partial charge in [0.2, 0.25) is 5.91 Å². The maximum Gasteiger partial charge on any atom is 0.263 e. The minimum absolute atomic E-state index is 0.0219. The molecular weight excluding hydrogens is 328 g/mol. The van der Waals surface area contributed by atoms with E-state index in [9.17, 15) is 9.59 Å². The molecule has 0 aromatic heterocycles. The van der Waals surface area contributed by atoms with Gasteiger partial charge in [-0.1, -0.05) is 11.6 Å². The van der Waals surface area contributed by atoms with Crippen molar-refractivity contribution in [2.45, 2.75) is 45.6 Å². The lowest BCUT2D eigenvalue weighted by atomic mass is 9.93. The zero-order chi connectivity index (χ0) is 17.7. The average Bonchev–Trinajstić information content (AvgIpc) is 2.56. The summed E-state index contributed by atoms with van der Waals surface area (Å²) >= 11 is 6.01. The SMILES string of the molecule is Cc1cc(OC(C)C(=O)N2CCCC(CCC(N)=O)C2)ccc1Cl. The quantitative estimate of drug-likeness (QED) is 0.855. The number of ether oxygens (including phenoxy) is 1. The van der Waals surface area contributed by atoms with Crippen molar-refractivity contribution < 1.29 is 14.3 Å². The van der Waals surface area contributed by atoms with Gasteiger partial charge in [0.25, 0.3) is 5.91 Å². The minimum Gasteiger partial charge on any atom is -0.481 e. The van der Waals surface area contributed by atoms with E-state index >= 15 is 0 Å². The van der Waals surface area contributed by atoms with E-state index in [1.165, 1.54) is 0 Å². The largest absolute Gasteiger partial charge is 0.481 e. The summed E-state index contributed by atoms with van der Waals surface area (Å²) in [6.45, 7) is 5.06. The van der Waals surface area contributed by atoms with E-state index in [4.69, 9.17) is 22.1 Å². The van der Waals surface area contributed by atoms with Crippen LogP contribution in [0.5, 0.6) is 5.75 Å². The van der Waals surface area contributed by atoms with Crippen LogP contribution >= 0.6 is 11.6 Å². The Balaban J connectivity index is 1.91. The standard InChI is InChI=1S/C18H25ClN2O3/c1-12-10-15(6-7-16(12)19)24-13(2)18(23)21-9-3-4-14(11-21)5-8-17(20)22/h6-7,10,13-14H,3-5,8-9,11H2,1-2H3,(H2,20,22). The van der Waals surface area contributed by atoms with Crippen LogP contribution in [0.4, 0.5) is 0 Å². The van der Waals surface area contributed by atoms with Gasteiger partial charge in [0.05, 0.1) is 0 Å². The molecule has 2 unspecified atom stereocenters. The Kier molecular flexibility index (Phi) is 6.49. The van der Waals surface area contributed by atoms with E-state index in [0.717, 1.165) is 31.4 Å². The van der Waals surface area contributed by atoms with Crippen molar-refractivity contribution in [3.05, 3.63) is 28.8 Å². The molecule has 132 valence electrons. The summed E-state index contributed by atoms with van der Waals surface area (Å²) in [6.07, 6.45) is 2.54. The summed E-state index contributed by atoms with van der Waals surface area (Å²) in [5.41, 5.74) is 6.13. The summed E-state index contributed by atoms with van der Waals surface area (Å²) < 4.78 is 5.77. The van der Waals surface area contributed by atoms with Gasteiger partial charge in [0.1, 0.15) is 5.75 Å². The summed E-state index contributed by atoms with van der Waals surface area (Å²) in [5, 5.41) is 0.676. The molecular formula is C18H25ClN2O3. The van der Waals surface area contributed by atoms with Crippen LogP contribution in [0.3, 0.4) is 0 Å². The van der Waals surface area contributed by atoms with E-state index in [1.54, 1.807) is 19.1 Å². The second kappa shape index (κ2) is 8.38. The van der Waals surface area contributed by atoms with Gasteiger partial charge >= 0.3 is 0 Å². The van der Waals surface area contributed by atoms with Crippen LogP contribution in [0.15, 0.2) is 18.2 Å². The van der Waals surface area contributed by atoms with Gasteiger partial charge in [-0.3, -0.25) is 9.59 Å². The molecule has 2 amide bonds. The van der Waals surface area contributed by atoms with Crippen molar-refractivity contribution >= 4 is 23.4 Å². The van der Waals surface area contributed by atoms with Gasteiger partial charge in [-0.05, 0) is 62.8 Å². The van der Waals surface area contributed by atoms with Crippen molar-refractivity contribution in [2.24, 2.45) is 11.7 Å². The fourth-order valence-electron chi connectivity index (χ4n) is 3.05. The molecule has 1 aromatic carbocycles. The highest BCUT2D eigenvalue weighted by atomic mass is 35.5. The number of nitrogens with zero attached hydrogens (tertiary/aromatic N) is 1. The number of piperidine rings is 1. The predicted molar refractivity (Wildman–Crippen MR) is 94.0 cm³/mol. The number of nitrogens with two attached hydrogens (primary N) is 1. The maximum absolute atomic E-state index is 12.6. The van der Waals surface area contributed by atoms with Crippen molar-refractivity contribution in [1.82, 2.24) is 4.90 Å². The third kappa shape index (κ3) is 5.13. The van der Waals surface area contributed by atoms with Crippen molar-refractivity contribution in [3.8, 4) is 5.75 Å². The Morgan fingerprint density at radius 2 is 2.21 bits per heavy atom. The number of halogens is 1. The zero-order valence-corrected chi connectivity index (χ0v) is 15.0. The minimum atomic E-state index is -0.555. The highest BCUT2D eigenvalue weighted by Crippen LogP contribution is 2.24. The maximum atomic E-state index is 12.6. The number of hydrogen-bond donors (Lipinski definition) is 1. The first-order chi connectivity index (χ1) is 11.4. The molecule has 1 aliphatic heterocycles. The molecule has 0 aliphatic carbocycles. The molecule has 0 spiro atoms. The molecule has 2 rings (SSSR count). The highest BCUT2D eigenvalue weighted by molar-refractivity contribution is 6.31. The lowest BCUT2D eigenvalue weighted by Gasteiger charge is -2.34. The molecule has 1 heterocycles.